The SMILES string of the molecule is Cc1noc(CCC(=O)Nc2ccc(OCCN)cc2)n1. The van der Waals surface area contributed by atoms with Crippen molar-refractivity contribution in [2.75, 3.05) is 18.5 Å². The van der Waals surface area contributed by atoms with Crippen molar-refractivity contribution in [3.8, 4) is 5.75 Å². The summed E-state index contributed by atoms with van der Waals surface area (Å²) < 4.78 is 10.3. The van der Waals surface area contributed by atoms with Crippen molar-refractivity contribution < 1.29 is 14.1 Å². The Morgan fingerprint density at radius 2 is 2.14 bits per heavy atom. The third kappa shape index (κ3) is 4.88. The van der Waals surface area contributed by atoms with E-state index in [0.717, 1.165) is 5.75 Å². The summed E-state index contributed by atoms with van der Waals surface area (Å²) in [5.74, 6) is 1.65. The van der Waals surface area contributed by atoms with E-state index in [0.29, 0.717) is 37.0 Å². The summed E-state index contributed by atoms with van der Waals surface area (Å²) in [6, 6.07) is 7.13. The molecular weight excluding hydrogens is 272 g/mol. The molecule has 7 nitrogen and oxygen atoms in total. The zero-order chi connectivity index (χ0) is 15.1. The lowest BCUT2D eigenvalue weighted by Gasteiger charge is -2.07. The van der Waals surface area contributed by atoms with Gasteiger partial charge in [0, 0.05) is 25.1 Å². The zero-order valence-corrected chi connectivity index (χ0v) is 11.8. The molecule has 0 saturated heterocycles. The summed E-state index contributed by atoms with van der Waals surface area (Å²) >= 11 is 0. The summed E-state index contributed by atoms with van der Waals surface area (Å²) in [6.45, 7) is 2.67. The summed E-state index contributed by atoms with van der Waals surface area (Å²) in [4.78, 5) is 15.8. The maximum atomic E-state index is 11.8. The first-order valence-corrected chi connectivity index (χ1v) is 6.69. The molecule has 3 N–H and O–H groups in total. The number of amides is 1. The lowest BCUT2D eigenvalue weighted by Crippen LogP contribution is -2.13. The number of ether oxygens (including phenoxy) is 1. The summed E-state index contributed by atoms with van der Waals surface area (Å²) in [6.07, 6.45) is 0.706. The first-order valence-electron chi connectivity index (χ1n) is 6.69. The van der Waals surface area contributed by atoms with Gasteiger partial charge in [0.15, 0.2) is 5.82 Å². The van der Waals surface area contributed by atoms with Crippen LogP contribution in [0.25, 0.3) is 0 Å². The second-order valence-corrected chi connectivity index (χ2v) is 4.45. The molecule has 112 valence electrons. The Bertz CT molecular complexity index is 580. The van der Waals surface area contributed by atoms with Crippen molar-refractivity contribution in [2.45, 2.75) is 19.8 Å². The van der Waals surface area contributed by atoms with Crippen LogP contribution in [0.5, 0.6) is 5.75 Å². The molecule has 0 unspecified atom stereocenters. The first kappa shape index (κ1) is 15.0. The molecule has 21 heavy (non-hydrogen) atoms. The molecule has 0 saturated carbocycles. The fourth-order valence-electron chi connectivity index (χ4n) is 1.70. The average molecular weight is 290 g/mol. The van der Waals surface area contributed by atoms with Gasteiger partial charge in [-0.25, -0.2) is 0 Å². The highest BCUT2D eigenvalue weighted by molar-refractivity contribution is 5.90. The largest absolute Gasteiger partial charge is 0.492 e. The van der Waals surface area contributed by atoms with Crippen LogP contribution in [0.3, 0.4) is 0 Å². The molecular formula is C14H18N4O3. The molecule has 2 rings (SSSR count). The van der Waals surface area contributed by atoms with E-state index in [9.17, 15) is 4.79 Å². The number of nitrogens with one attached hydrogen (secondary N) is 1. The molecule has 0 fully saturated rings. The van der Waals surface area contributed by atoms with Crippen molar-refractivity contribution >= 4 is 11.6 Å². The molecule has 1 heterocycles. The molecule has 0 atom stereocenters. The van der Waals surface area contributed by atoms with E-state index in [2.05, 4.69) is 15.5 Å². The van der Waals surface area contributed by atoms with Gasteiger partial charge in [0.05, 0.1) is 0 Å². The summed E-state index contributed by atoms with van der Waals surface area (Å²) in [5, 5.41) is 6.47. The monoisotopic (exact) mass is 290 g/mol. The Morgan fingerprint density at radius 3 is 2.76 bits per heavy atom. The first-order chi connectivity index (χ1) is 10.2. The van der Waals surface area contributed by atoms with Crippen LogP contribution in [0.2, 0.25) is 0 Å². The van der Waals surface area contributed by atoms with E-state index < -0.39 is 0 Å². The van der Waals surface area contributed by atoms with Crippen molar-refractivity contribution in [1.29, 1.82) is 0 Å². The second-order valence-electron chi connectivity index (χ2n) is 4.45. The van der Waals surface area contributed by atoms with Crippen LogP contribution in [0.15, 0.2) is 28.8 Å². The number of carbonyl (C=O) groups is 1. The van der Waals surface area contributed by atoms with Gasteiger partial charge >= 0.3 is 0 Å². The van der Waals surface area contributed by atoms with Crippen LogP contribution >= 0.6 is 0 Å². The number of hydrogen-bond acceptors (Lipinski definition) is 6. The van der Waals surface area contributed by atoms with E-state index in [1.807, 2.05) is 0 Å². The van der Waals surface area contributed by atoms with Crippen molar-refractivity contribution in [3.63, 3.8) is 0 Å². The van der Waals surface area contributed by atoms with Gasteiger partial charge in [-0.2, -0.15) is 4.98 Å². The topological polar surface area (TPSA) is 103 Å². The highest BCUT2D eigenvalue weighted by Gasteiger charge is 2.07. The van der Waals surface area contributed by atoms with Crippen molar-refractivity contribution in [2.24, 2.45) is 5.73 Å². The number of carbonyl (C=O) groups excluding carboxylic acids is 1. The number of nitrogens with zero attached hydrogens (tertiary/aromatic N) is 2. The number of benzene rings is 1. The van der Waals surface area contributed by atoms with Gasteiger partial charge in [-0.1, -0.05) is 5.16 Å². The summed E-state index contributed by atoms with van der Waals surface area (Å²) in [5.41, 5.74) is 6.07. The lowest BCUT2D eigenvalue weighted by molar-refractivity contribution is -0.116. The third-order valence-corrected chi connectivity index (χ3v) is 2.66. The van der Waals surface area contributed by atoms with Crippen molar-refractivity contribution in [1.82, 2.24) is 10.1 Å². The van der Waals surface area contributed by atoms with Crippen LogP contribution in [0, 0.1) is 6.92 Å². The molecule has 0 bridgehead atoms. The van der Waals surface area contributed by atoms with E-state index in [1.165, 1.54) is 0 Å². The number of aromatic nitrogens is 2. The zero-order valence-electron chi connectivity index (χ0n) is 11.8. The van der Waals surface area contributed by atoms with E-state index >= 15 is 0 Å². The normalized spacial score (nSPS) is 10.4. The molecule has 0 aliphatic heterocycles. The van der Waals surface area contributed by atoms with Crippen LogP contribution in [0.1, 0.15) is 18.1 Å². The van der Waals surface area contributed by atoms with Gasteiger partial charge < -0.3 is 20.3 Å². The van der Waals surface area contributed by atoms with E-state index in [-0.39, 0.29) is 12.3 Å². The number of hydrogen-bond donors (Lipinski definition) is 2. The van der Waals surface area contributed by atoms with Gasteiger partial charge in [-0.05, 0) is 31.2 Å². The molecule has 0 radical (unpaired) electrons. The quantitative estimate of drug-likeness (QED) is 0.796. The van der Waals surface area contributed by atoms with Gasteiger partial charge in [0.2, 0.25) is 11.8 Å². The number of nitrogens with two attached hydrogens (primary N) is 1. The Kier molecular flexibility index (Phi) is 5.28. The molecule has 0 aliphatic rings. The molecule has 2 aromatic rings. The van der Waals surface area contributed by atoms with Gasteiger partial charge in [-0.3, -0.25) is 4.79 Å². The Labute approximate surface area is 122 Å². The smallest absolute Gasteiger partial charge is 0.227 e. The van der Waals surface area contributed by atoms with E-state index in [1.54, 1.807) is 31.2 Å². The minimum Gasteiger partial charge on any atom is -0.492 e. The van der Waals surface area contributed by atoms with Gasteiger partial charge in [0.1, 0.15) is 12.4 Å². The fraction of sp³-hybridized carbons (Fsp3) is 0.357. The highest BCUT2D eigenvalue weighted by atomic mass is 16.5. The van der Waals surface area contributed by atoms with Crippen molar-refractivity contribution in [3.05, 3.63) is 36.0 Å². The second kappa shape index (κ2) is 7.39. The van der Waals surface area contributed by atoms with Gasteiger partial charge in [-0.15, -0.1) is 0 Å². The molecule has 1 aromatic heterocycles. The highest BCUT2D eigenvalue weighted by Crippen LogP contribution is 2.15. The molecule has 1 amide bonds. The Morgan fingerprint density at radius 1 is 1.38 bits per heavy atom. The summed E-state index contributed by atoms with van der Waals surface area (Å²) in [7, 11) is 0. The molecule has 0 spiro atoms. The van der Waals surface area contributed by atoms with Crippen LogP contribution in [0.4, 0.5) is 5.69 Å². The minimum atomic E-state index is -0.110. The Hall–Kier alpha value is -2.41. The number of rotatable bonds is 7. The molecule has 7 heteroatoms. The van der Waals surface area contributed by atoms with E-state index in [4.69, 9.17) is 15.0 Å². The van der Waals surface area contributed by atoms with Crippen LogP contribution in [-0.4, -0.2) is 29.2 Å². The minimum absolute atomic E-state index is 0.110. The average Bonchev–Trinajstić information content (AvgIpc) is 2.90. The Balaban J connectivity index is 1.79. The maximum absolute atomic E-state index is 11.8. The maximum Gasteiger partial charge on any atom is 0.227 e. The van der Waals surface area contributed by atoms with Crippen LogP contribution in [-0.2, 0) is 11.2 Å². The van der Waals surface area contributed by atoms with Gasteiger partial charge in [0.25, 0.3) is 0 Å². The predicted molar refractivity (Wildman–Crippen MR) is 77.0 cm³/mol. The fourth-order valence-corrected chi connectivity index (χ4v) is 1.70. The predicted octanol–water partition coefficient (Wildman–Crippen LogP) is 1.29. The number of aryl methyl sites for hydroxylation is 2. The third-order valence-electron chi connectivity index (χ3n) is 2.66. The van der Waals surface area contributed by atoms with Crippen LogP contribution < -0.4 is 15.8 Å². The standard InChI is InChI=1S/C14H18N4O3/c1-10-16-14(21-18-10)7-6-13(19)17-11-2-4-12(5-3-11)20-9-8-15/h2-5H,6-9,15H2,1H3,(H,17,19). The lowest BCUT2D eigenvalue weighted by atomic mass is 10.2. The number of anilines is 1. The molecule has 1 aromatic carbocycles. The molecule has 0 aliphatic carbocycles.